The minimum atomic E-state index is -0.0180. The van der Waals surface area contributed by atoms with Gasteiger partial charge in [0.05, 0.1) is 17.7 Å². The summed E-state index contributed by atoms with van der Waals surface area (Å²) in [6.45, 7) is 0.572. The van der Waals surface area contributed by atoms with E-state index in [2.05, 4.69) is 18.2 Å². The maximum absolute atomic E-state index is 13.5. The lowest BCUT2D eigenvalue weighted by Crippen LogP contribution is -2.31. The van der Waals surface area contributed by atoms with Crippen LogP contribution in [0.5, 0.6) is 5.75 Å². The third kappa shape index (κ3) is 4.61. The molecule has 168 valence electrons. The zero-order valence-corrected chi connectivity index (χ0v) is 19.7. The Balaban J connectivity index is 1.51. The number of para-hydroxylation sites is 1. The zero-order valence-electron chi connectivity index (χ0n) is 18.8. The topological polar surface area (TPSA) is 41.9 Å². The fourth-order valence-electron chi connectivity index (χ4n) is 4.03. The average Bonchev–Trinajstić information content (AvgIpc) is 3.17. The number of amides is 1. The van der Waals surface area contributed by atoms with Crippen LogP contribution in [0, 0.1) is 0 Å². The van der Waals surface area contributed by atoms with Crippen molar-refractivity contribution in [2.75, 3.05) is 13.7 Å². The number of carbonyl (C=O) groups excluding carboxylic acids is 1. The summed E-state index contributed by atoms with van der Waals surface area (Å²) in [5, 5.41) is 2.78. The predicted molar refractivity (Wildman–Crippen MR) is 141 cm³/mol. The second kappa shape index (κ2) is 9.98. The number of rotatable bonds is 6. The second-order valence-corrected chi connectivity index (χ2v) is 8.94. The lowest BCUT2D eigenvalue weighted by Gasteiger charge is -2.15. The van der Waals surface area contributed by atoms with Crippen molar-refractivity contribution < 1.29 is 9.53 Å². The summed E-state index contributed by atoms with van der Waals surface area (Å²) in [7, 11) is 1.67. The molecule has 1 saturated heterocycles. The Labute approximate surface area is 203 Å². The Bertz CT molecular complexity index is 1380. The molecule has 0 spiro atoms. The minimum absolute atomic E-state index is 0.0180. The molecule has 1 aliphatic rings. The summed E-state index contributed by atoms with van der Waals surface area (Å²) < 4.78 is 5.53. The monoisotopic (exact) mass is 464 g/mol. The highest BCUT2D eigenvalue weighted by Gasteiger charge is 2.33. The lowest BCUT2D eigenvalue weighted by molar-refractivity contribution is -0.122. The van der Waals surface area contributed by atoms with Gasteiger partial charge in [-0.15, -0.1) is 0 Å². The first-order chi connectivity index (χ1) is 16.7. The molecular formula is C29H24N2O2S. The minimum Gasteiger partial charge on any atom is -0.496 e. The van der Waals surface area contributed by atoms with Crippen LogP contribution in [0.2, 0.25) is 0 Å². The van der Waals surface area contributed by atoms with E-state index in [1.807, 2.05) is 84.9 Å². The highest BCUT2D eigenvalue weighted by atomic mass is 32.2. The van der Waals surface area contributed by atoms with E-state index in [0.29, 0.717) is 16.6 Å². The molecule has 0 aliphatic carbocycles. The molecule has 0 bridgehead atoms. The van der Waals surface area contributed by atoms with Gasteiger partial charge in [0.1, 0.15) is 5.75 Å². The maximum Gasteiger partial charge on any atom is 0.266 e. The van der Waals surface area contributed by atoms with Crippen molar-refractivity contribution in [2.24, 2.45) is 4.99 Å². The molecule has 0 radical (unpaired) electrons. The number of ether oxygens (including phenoxy) is 1. The van der Waals surface area contributed by atoms with Gasteiger partial charge in [0.15, 0.2) is 5.17 Å². The number of benzene rings is 4. The van der Waals surface area contributed by atoms with E-state index < -0.39 is 0 Å². The molecule has 1 heterocycles. The molecule has 34 heavy (non-hydrogen) atoms. The van der Waals surface area contributed by atoms with Crippen molar-refractivity contribution in [3.63, 3.8) is 0 Å². The maximum atomic E-state index is 13.5. The summed E-state index contributed by atoms with van der Waals surface area (Å²) in [6, 6.07) is 32.0. The number of hydrogen-bond acceptors (Lipinski definition) is 4. The second-order valence-electron chi connectivity index (χ2n) is 7.94. The Hall–Kier alpha value is -3.83. The van der Waals surface area contributed by atoms with Crippen LogP contribution in [-0.4, -0.2) is 29.6 Å². The molecule has 0 N–H and O–H groups in total. The van der Waals surface area contributed by atoms with E-state index in [0.717, 1.165) is 34.2 Å². The SMILES string of the molecule is COc1ccc(/C=C2/SC(=Nc3ccccc3)N(CCc3ccccc3)C2=O)c2ccccc12. The van der Waals surface area contributed by atoms with Gasteiger partial charge in [-0.2, -0.15) is 0 Å². The number of methoxy groups -OCH3 is 1. The van der Waals surface area contributed by atoms with E-state index in [4.69, 9.17) is 9.73 Å². The van der Waals surface area contributed by atoms with Crippen molar-refractivity contribution in [3.05, 3.63) is 113 Å². The van der Waals surface area contributed by atoms with Crippen LogP contribution >= 0.6 is 11.8 Å². The van der Waals surface area contributed by atoms with Crippen LogP contribution in [0.1, 0.15) is 11.1 Å². The van der Waals surface area contributed by atoms with Crippen LogP contribution in [-0.2, 0) is 11.2 Å². The van der Waals surface area contributed by atoms with Crippen LogP contribution in [0.25, 0.3) is 16.8 Å². The highest BCUT2D eigenvalue weighted by molar-refractivity contribution is 8.18. The number of fused-ring (bicyclic) bond motifs is 1. The summed E-state index contributed by atoms with van der Waals surface area (Å²) in [5.41, 5.74) is 3.01. The zero-order chi connectivity index (χ0) is 23.3. The van der Waals surface area contributed by atoms with Crippen LogP contribution in [0.3, 0.4) is 0 Å². The van der Waals surface area contributed by atoms with E-state index >= 15 is 0 Å². The normalized spacial score (nSPS) is 16.0. The summed E-state index contributed by atoms with van der Waals surface area (Å²) in [4.78, 5) is 20.8. The highest BCUT2D eigenvalue weighted by Crippen LogP contribution is 2.36. The molecule has 0 aromatic heterocycles. The van der Waals surface area contributed by atoms with E-state index in [1.54, 1.807) is 12.0 Å². The lowest BCUT2D eigenvalue weighted by atomic mass is 10.0. The van der Waals surface area contributed by atoms with Gasteiger partial charge in [-0.05, 0) is 59.0 Å². The summed E-state index contributed by atoms with van der Waals surface area (Å²) >= 11 is 1.43. The number of hydrogen-bond donors (Lipinski definition) is 0. The van der Waals surface area contributed by atoms with E-state index in [1.165, 1.54) is 17.3 Å². The largest absolute Gasteiger partial charge is 0.496 e. The van der Waals surface area contributed by atoms with E-state index in [-0.39, 0.29) is 5.91 Å². The van der Waals surface area contributed by atoms with Crippen molar-refractivity contribution in [1.82, 2.24) is 4.90 Å². The first kappa shape index (κ1) is 22.0. The number of aliphatic imine (C=N–C) groups is 1. The molecule has 4 aromatic rings. The Morgan fingerprint density at radius 1 is 0.853 bits per heavy atom. The Morgan fingerprint density at radius 3 is 2.26 bits per heavy atom. The fraction of sp³-hybridized carbons (Fsp3) is 0.103. The molecule has 1 fully saturated rings. The van der Waals surface area contributed by atoms with Gasteiger partial charge < -0.3 is 4.74 Å². The van der Waals surface area contributed by atoms with Gasteiger partial charge in [0.25, 0.3) is 5.91 Å². The molecule has 5 heteroatoms. The van der Waals surface area contributed by atoms with Crippen molar-refractivity contribution in [1.29, 1.82) is 0 Å². The third-order valence-corrected chi connectivity index (χ3v) is 6.77. The number of thioether (sulfide) groups is 1. The molecular weight excluding hydrogens is 440 g/mol. The smallest absolute Gasteiger partial charge is 0.266 e. The average molecular weight is 465 g/mol. The van der Waals surface area contributed by atoms with Gasteiger partial charge in [0.2, 0.25) is 0 Å². The first-order valence-corrected chi connectivity index (χ1v) is 12.0. The molecule has 5 rings (SSSR count). The molecule has 1 amide bonds. The van der Waals surface area contributed by atoms with Crippen molar-refractivity contribution >= 4 is 45.4 Å². The fourth-order valence-corrected chi connectivity index (χ4v) is 5.04. The van der Waals surface area contributed by atoms with Gasteiger partial charge in [-0.3, -0.25) is 9.69 Å². The van der Waals surface area contributed by atoms with Crippen LogP contribution in [0.4, 0.5) is 5.69 Å². The predicted octanol–water partition coefficient (Wildman–Crippen LogP) is 6.70. The number of amidine groups is 1. The quantitative estimate of drug-likeness (QED) is 0.298. The first-order valence-electron chi connectivity index (χ1n) is 11.2. The van der Waals surface area contributed by atoms with Gasteiger partial charge in [0, 0.05) is 11.9 Å². The van der Waals surface area contributed by atoms with Gasteiger partial charge in [-0.25, -0.2) is 4.99 Å². The summed E-state index contributed by atoms with van der Waals surface area (Å²) in [5.74, 6) is 0.800. The summed E-state index contributed by atoms with van der Waals surface area (Å²) in [6.07, 6.45) is 2.73. The standard InChI is InChI=1S/C29H24N2O2S/c1-33-26-17-16-22(24-14-8-9-15-25(24)26)20-27-28(32)31(19-18-21-10-4-2-5-11-21)29(34-27)30-23-12-6-3-7-13-23/h2-17,20H,18-19H2,1H3/b27-20+,30-29?. The molecule has 0 unspecified atom stereocenters. The van der Waals surface area contributed by atoms with Crippen LogP contribution in [0.15, 0.2) is 107 Å². The molecule has 1 aliphatic heterocycles. The molecule has 0 atom stereocenters. The number of nitrogens with zero attached hydrogens (tertiary/aromatic N) is 2. The van der Waals surface area contributed by atoms with Crippen molar-refractivity contribution in [3.8, 4) is 5.75 Å². The third-order valence-electron chi connectivity index (χ3n) is 5.76. The van der Waals surface area contributed by atoms with Gasteiger partial charge >= 0.3 is 0 Å². The van der Waals surface area contributed by atoms with Crippen LogP contribution < -0.4 is 4.74 Å². The Kier molecular flexibility index (Phi) is 6.45. The Morgan fingerprint density at radius 2 is 1.53 bits per heavy atom. The van der Waals surface area contributed by atoms with E-state index in [9.17, 15) is 4.79 Å². The molecule has 4 aromatic carbocycles. The number of carbonyl (C=O) groups is 1. The van der Waals surface area contributed by atoms with Crippen molar-refractivity contribution in [2.45, 2.75) is 6.42 Å². The molecule has 4 nitrogen and oxygen atoms in total. The van der Waals surface area contributed by atoms with Gasteiger partial charge in [-0.1, -0.05) is 78.9 Å². The molecule has 0 saturated carbocycles.